The van der Waals surface area contributed by atoms with Crippen molar-refractivity contribution >= 4 is 11.6 Å². The van der Waals surface area contributed by atoms with Crippen LogP contribution in [0.1, 0.15) is 12.1 Å². The molecule has 0 aliphatic carbocycles. The molecule has 5 nitrogen and oxygen atoms in total. The van der Waals surface area contributed by atoms with Crippen molar-refractivity contribution < 1.29 is 4.74 Å². The van der Waals surface area contributed by atoms with Crippen LogP contribution in [-0.4, -0.2) is 28.1 Å². The minimum Gasteiger partial charge on any atom is -0.494 e. The third-order valence-electron chi connectivity index (χ3n) is 2.60. The van der Waals surface area contributed by atoms with E-state index in [2.05, 4.69) is 10.3 Å². The van der Waals surface area contributed by atoms with E-state index in [1.54, 1.807) is 0 Å². The molecular formula is C13H17ClN4O. The Labute approximate surface area is 117 Å². The normalized spacial score (nSPS) is 10.6. The summed E-state index contributed by atoms with van der Waals surface area (Å²) in [6.45, 7) is 2.01. The Bertz CT molecular complexity index is 498. The van der Waals surface area contributed by atoms with Gasteiger partial charge < -0.3 is 10.5 Å². The average Bonchev–Trinajstić information content (AvgIpc) is 2.85. The summed E-state index contributed by atoms with van der Waals surface area (Å²) < 4.78 is 7.41. The number of rotatable bonds is 7. The van der Waals surface area contributed by atoms with Gasteiger partial charge in [-0.3, -0.25) is 4.68 Å². The SMILES string of the molecule is NCCc1cn(CCCOc2ccc(Cl)cc2)nn1. The van der Waals surface area contributed by atoms with Gasteiger partial charge in [0, 0.05) is 30.6 Å². The molecule has 0 saturated carbocycles. The van der Waals surface area contributed by atoms with Gasteiger partial charge in [-0.25, -0.2) is 0 Å². The van der Waals surface area contributed by atoms with Crippen molar-refractivity contribution in [2.75, 3.05) is 13.2 Å². The van der Waals surface area contributed by atoms with Gasteiger partial charge in [-0.05, 0) is 30.8 Å². The molecule has 2 N–H and O–H groups in total. The number of nitrogens with two attached hydrogens (primary N) is 1. The Morgan fingerprint density at radius 2 is 2.05 bits per heavy atom. The summed E-state index contributed by atoms with van der Waals surface area (Å²) in [5.41, 5.74) is 6.39. The molecule has 0 bridgehead atoms. The van der Waals surface area contributed by atoms with E-state index in [4.69, 9.17) is 22.1 Å². The number of ether oxygens (including phenoxy) is 1. The van der Waals surface area contributed by atoms with Crippen LogP contribution in [0.5, 0.6) is 5.75 Å². The standard InChI is InChI=1S/C13H17ClN4O/c14-11-2-4-13(5-3-11)19-9-1-8-18-10-12(6-7-15)16-17-18/h2-5,10H,1,6-9,15H2. The van der Waals surface area contributed by atoms with E-state index in [1.165, 1.54) is 0 Å². The summed E-state index contributed by atoms with van der Waals surface area (Å²) in [7, 11) is 0. The minimum atomic E-state index is 0.596. The Balaban J connectivity index is 1.69. The predicted molar refractivity (Wildman–Crippen MR) is 74.3 cm³/mol. The Morgan fingerprint density at radius 3 is 2.79 bits per heavy atom. The molecule has 2 aromatic rings. The first-order chi connectivity index (χ1) is 9.28. The molecule has 6 heteroatoms. The third-order valence-corrected chi connectivity index (χ3v) is 2.85. The summed E-state index contributed by atoms with van der Waals surface area (Å²) in [5, 5.41) is 8.77. The van der Waals surface area contributed by atoms with Crippen molar-refractivity contribution in [2.24, 2.45) is 5.73 Å². The molecule has 0 radical (unpaired) electrons. The first kappa shape index (κ1) is 13.8. The fraction of sp³-hybridized carbons (Fsp3) is 0.385. The van der Waals surface area contributed by atoms with Gasteiger partial charge in [0.2, 0.25) is 0 Å². The number of hydrogen-bond acceptors (Lipinski definition) is 4. The number of aromatic nitrogens is 3. The summed E-state index contributed by atoms with van der Waals surface area (Å²) in [4.78, 5) is 0. The van der Waals surface area contributed by atoms with Crippen molar-refractivity contribution in [3.05, 3.63) is 41.2 Å². The first-order valence-corrected chi connectivity index (χ1v) is 6.63. The van der Waals surface area contributed by atoms with Crippen LogP contribution in [0.4, 0.5) is 0 Å². The van der Waals surface area contributed by atoms with Gasteiger partial charge in [-0.1, -0.05) is 16.8 Å². The maximum absolute atomic E-state index is 5.80. The molecule has 0 unspecified atom stereocenters. The van der Waals surface area contributed by atoms with E-state index >= 15 is 0 Å². The lowest BCUT2D eigenvalue weighted by molar-refractivity contribution is 0.298. The molecule has 1 heterocycles. The quantitative estimate of drug-likeness (QED) is 0.787. The van der Waals surface area contributed by atoms with Gasteiger partial charge in [-0.15, -0.1) is 5.10 Å². The fourth-order valence-electron chi connectivity index (χ4n) is 1.66. The van der Waals surface area contributed by atoms with Crippen LogP contribution < -0.4 is 10.5 Å². The Kier molecular flexibility index (Phi) is 5.18. The van der Waals surface area contributed by atoms with Gasteiger partial charge in [0.1, 0.15) is 5.75 Å². The molecule has 2 rings (SSSR count). The van der Waals surface area contributed by atoms with Gasteiger partial charge in [0.25, 0.3) is 0 Å². The second kappa shape index (κ2) is 7.11. The lowest BCUT2D eigenvalue weighted by Gasteiger charge is -2.05. The maximum Gasteiger partial charge on any atom is 0.119 e. The Hall–Kier alpha value is -1.59. The van der Waals surface area contributed by atoms with Crippen molar-refractivity contribution in [3.63, 3.8) is 0 Å². The van der Waals surface area contributed by atoms with Crippen molar-refractivity contribution in [3.8, 4) is 5.75 Å². The van der Waals surface area contributed by atoms with Crippen LogP contribution in [0.15, 0.2) is 30.5 Å². The zero-order valence-electron chi connectivity index (χ0n) is 10.6. The van der Waals surface area contributed by atoms with Crippen LogP contribution in [0.3, 0.4) is 0 Å². The van der Waals surface area contributed by atoms with E-state index in [0.29, 0.717) is 18.2 Å². The summed E-state index contributed by atoms with van der Waals surface area (Å²) in [6.07, 6.45) is 3.56. The molecule has 102 valence electrons. The van der Waals surface area contributed by atoms with E-state index in [1.807, 2.05) is 35.1 Å². The highest BCUT2D eigenvalue weighted by Gasteiger charge is 2.00. The van der Waals surface area contributed by atoms with Crippen LogP contribution >= 0.6 is 11.6 Å². The second-order valence-electron chi connectivity index (χ2n) is 4.17. The smallest absolute Gasteiger partial charge is 0.119 e. The highest BCUT2D eigenvalue weighted by Crippen LogP contribution is 2.15. The van der Waals surface area contributed by atoms with Crippen molar-refractivity contribution in [1.29, 1.82) is 0 Å². The molecule has 1 aromatic heterocycles. The lowest BCUT2D eigenvalue weighted by Crippen LogP contribution is -2.05. The number of hydrogen-bond donors (Lipinski definition) is 1. The average molecular weight is 281 g/mol. The molecule has 0 saturated heterocycles. The van der Waals surface area contributed by atoms with Crippen LogP contribution in [0.25, 0.3) is 0 Å². The van der Waals surface area contributed by atoms with Gasteiger partial charge in [0.15, 0.2) is 0 Å². The van der Waals surface area contributed by atoms with Gasteiger partial charge in [-0.2, -0.15) is 0 Å². The molecule has 1 aromatic carbocycles. The summed E-state index contributed by atoms with van der Waals surface area (Å²) >= 11 is 5.80. The third kappa shape index (κ3) is 4.54. The molecular weight excluding hydrogens is 264 g/mol. The largest absolute Gasteiger partial charge is 0.494 e. The lowest BCUT2D eigenvalue weighted by atomic mass is 10.3. The molecule has 0 spiro atoms. The molecule has 0 amide bonds. The number of aryl methyl sites for hydroxylation is 1. The minimum absolute atomic E-state index is 0.596. The number of nitrogens with zero attached hydrogens (tertiary/aromatic N) is 3. The number of benzene rings is 1. The monoisotopic (exact) mass is 280 g/mol. The van der Waals surface area contributed by atoms with E-state index < -0.39 is 0 Å². The zero-order valence-corrected chi connectivity index (χ0v) is 11.4. The number of halogens is 1. The van der Waals surface area contributed by atoms with E-state index in [0.717, 1.165) is 30.8 Å². The Morgan fingerprint density at radius 1 is 1.26 bits per heavy atom. The zero-order chi connectivity index (χ0) is 13.5. The fourth-order valence-corrected chi connectivity index (χ4v) is 1.78. The molecule has 0 aliphatic rings. The molecule has 0 aliphatic heterocycles. The van der Waals surface area contributed by atoms with Gasteiger partial charge >= 0.3 is 0 Å². The highest BCUT2D eigenvalue weighted by atomic mass is 35.5. The van der Waals surface area contributed by atoms with Crippen LogP contribution in [0.2, 0.25) is 5.02 Å². The van der Waals surface area contributed by atoms with E-state index in [9.17, 15) is 0 Å². The molecule has 19 heavy (non-hydrogen) atoms. The second-order valence-corrected chi connectivity index (χ2v) is 4.60. The summed E-state index contributed by atoms with van der Waals surface area (Å²) in [5.74, 6) is 0.826. The molecule has 0 fully saturated rings. The van der Waals surface area contributed by atoms with E-state index in [-0.39, 0.29) is 0 Å². The van der Waals surface area contributed by atoms with Crippen LogP contribution in [-0.2, 0) is 13.0 Å². The first-order valence-electron chi connectivity index (χ1n) is 6.25. The van der Waals surface area contributed by atoms with Gasteiger partial charge in [0.05, 0.1) is 12.3 Å². The van der Waals surface area contributed by atoms with Crippen molar-refractivity contribution in [1.82, 2.24) is 15.0 Å². The van der Waals surface area contributed by atoms with Crippen molar-refractivity contribution in [2.45, 2.75) is 19.4 Å². The summed E-state index contributed by atoms with van der Waals surface area (Å²) in [6, 6.07) is 7.34. The predicted octanol–water partition coefficient (Wildman–Crippen LogP) is 1.90. The van der Waals surface area contributed by atoms with Crippen LogP contribution in [0, 0.1) is 0 Å². The molecule has 0 atom stereocenters. The maximum atomic E-state index is 5.80. The topological polar surface area (TPSA) is 66.0 Å². The highest BCUT2D eigenvalue weighted by molar-refractivity contribution is 6.30.